The Morgan fingerprint density at radius 3 is 2.58 bits per heavy atom. The zero-order valence-corrected chi connectivity index (χ0v) is 25.8. The molecule has 0 radical (unpaired) electrons. The van der Waals surface area contributed by atoms with Crippen LogP contribution in [0.1, 0.15) is 52.9 Å². The number of hydrogen-bond donors (Lipinski definition) is 1. The number of esters is 2. The lowest BCUT2D eigenvalue weighted by atomic mass is 9.44. The van der Waals surface area contributed by atoms with Gasteiger partial charge in [0.2, 0.25) is 5.12 Å². The van der Waals surface area contributed by atoms with Gasteiger partial charge in [-0.25, -0.2) is 13.6 Å². The highest BCUT2D eigenvalue weighted by molar-refractivity contribution is 8.14. The second-order valence-electron chi connectivity index (χ2n) is 13.1. The van der Waals surface area contributed by atoms with Crippen molar-refractivity contribution in [3.05, 3.63) is 47.6 Å². The van der Waals surface area contributed by atoms with Crippen molar-refractivity contribution >= 4 is 51.7 Å². The Labute approximate surface area is 258 Å². The molecule has 11 heteroatoms. The van der Waals surface area contributed by atoms with Crippen molar-refractivity contribution in [2.75, 3.05) is 6.61 Å². The van der Waals surface area contributed by atoms with Crippen LogP contribution < -0.4 is 0 Å². The Kier molecular flexibility index (Phi) is 7.29. The largest absolute Gasteiger partial charge is 0.465 e. The van der Waals surface area contributed by atoms with Gasteiger partial charge >= 0.3 is 11.9 Å². The molecule has 43 heavy (non-hydrogen) atoms. The molecule has 5 aliphatic carbocycles. The van der Waals surface area contributed by atoms with E-state index in [-0.39, 0.29) is 37.0 Å². The summed E-state index contributed by atoms with van der Waals surface area (Å²) in [7, 11) is 0. The molecule has 7 nitrogen and oxygen atoms in total. The second-order valence-corrected chi connectivity index (χ2v) is 14.8. The van der Waals surface area contributed by atoms with E-state index in [1.807, 2.05) is 0 Å². The molecule has 0 bridgehead atoms. The Bertz CT molecular complexity index is 1450. The quantitative estimate of drug-likeness (QED) is 0.350. The molecule has 0 unspecified atom stereocenters. The molecular formula is C32H34F2O7S2. The minimum atomic E-state index is -2.35. The number of carbonyl (C=O) groups excluding carboxylic acids is 4. The molecule has 0 aromatic carbocycles. The molecule has 6 rings (SSSR count). The predicted octanol–water partition coefficient (Wildman–Crippen LogP) is 4.66. The monoisotopic (exact) mass is 632 g/mol. The molecule has 0 aromatic heterocycles. The summed E-state index contributed by atoms with van der Waals surface area (Å²) in [6, 6.07) is 0. The molecule has 10 atom stereocenters. The Balaban J connectivity index is 1.46. The molecule has 0 aromatic rings. The number of rotatable bonds is 4. The van der Waals surface area contributed by atoms with Crippen LogP contribution in [0.3, 0.4) is 0 Å². The zero-order valence-electron chi connectivity index (χ0n) is 24.1. The van der Waals surface area contributed by atoms with E-state index in [1.54, 1.807) is 26.0 Å². The van der Waals surface area contributed by atoms with Gasteiger partial charge in [0.05, 0.1) is 18.3 Å². The van der Waals surface area contributed by atoms with Crippen LogP contribution in [0, 0.1) is 28.6 Å². The number of ether oxygens (including phenoxy) is 2. The topological polar surface area (TPSA) is 107 Å². The summed E-state index contributed by atoms with van der Waals surface area (Å²) >= 11 is 6.02. The van der Waals surface area contributed by atoms with E-state index < -0.39 is 80.2 Å². The average Bonchev–Trinajstić information content (AvgIpc) is 3.45. The van der Waals surface area contributed by atoms with Gasteiger partial charge in [-0.3, -0.25) is 14.4 Å². The number of hydrogen-bond acceptors (Lipinski definition) is 9. The maximum Gasteiger partial charge on any atom is 0.339 e. The Morgan fingerprint density at radius 2 is 1.91 bits per heavy atom. The minimum Gasteiger partial charge on any atom is -0.465 e. The fourth-order valence-corrected chi connectivity index (χ4v) is 10.4. The molecule has 0 spiro atoms. The Hall–Kier alpha value is -2.50. The molecule has 1 saturated heterocycles. The molecule has 1 N–H and O–H groups in total. The number of alkyl halides is 2. The molecule has 0 amide bonds. The number of thiocarbonyl (C=S) groups is 1. The third-order valence-electron chi connectivity index (χ3n) is 11.0. The first-order valence-electron chi connectivity index (χ1n) is 14.7. The third-order valence-corrected chi connectivity index (χ3v) is 12.5. The highest BCUT2D eigenvalue weighted by atomic mass is 32.2. The number of allylic oxidation sites excluding steroid dienone is 6. The molecule has 1 heterocycles. The SMILES string of the molecule is C[C@@H]1C[C@H]2[C@@H]3C[C@H](F)C4=CC(=O)C=C[C@]4(C)[C@@]3(F)[C@@H](O)C[C@]2(C)[C@@]1(OC(=O)C1=CC(=S)CC=C1)C(=O)S[C@H]1CCOC1=O. The van der Waals surface area contributed by atoms with Crippen LogP contribution in [0.5, 0.6) is 0 Å². The maximum absolute atomic E-state index is 17.7. The molecule has 3 saturated carbocycles. The number of aliphatic hydroxyl groups is 1. The van der Waals surface area contributed by atoms with Crippen LogP contribution in [0.15, 0.2) is 47.6 Å². The van der Waals surface area contributed by atoms with Crippen molar-refractivity contribution in [2.45, 2.75) is 81.7 Å². The third kappa shape index (κ3) is 4.16. The van der Waals surface area contributed by atoms with Gasteiger partial charge in [-0.1, -0.05) is 56.1 Å². The van der Waals surface area contributed by atoms with E-state index in [4.69, 9.17) is 21.7 Å². The van der Waals surface area contributed by atoms with Crippen LogP contribution in [0.4, 0.5) is 8.78 Å². The van der Waals surface area contributed by atoms with Crippen molar-refractivity contribution in [1.82, 2.24) is 0 Å². The minimum absolute atomic E-state index is 0.00325. The number of carbonyl (C=O) groups is 4. The van der Waals surface area contributed by atoms with Crippen molar-refractivity contribution in [3.8, 4) is 0 Å². The summed E-state index contributed by atoms with van der Waals surface area (Å²) in [4.78, 5) is 53.2. The van der Waals surface area contributed by atoms with Crippen molar-refractivity contribution in [3.63, 3.8) is 0 Å². The van der Waals surface area contributed by atoms with Crippen LogP contribution >= 0.6 is 24.0 Å². The molecule has 230 valence electrons. The predicted molar refractivity (Wildman–Crippen MR) is 158 cm³/mol. The van der Waals surface area contributed by atoms with E-state index in [0.717, 1.165) is 17.8 Å². The highest BCUT2D eigenvalue weighted by Gasteiger charge is 2.78. The van der Waals surface area contributed by atoms with Crippen LogP contribution in [-0.4, -0.2) is 68.2 Å². The molecule has 6 aliphatic rings. The first-order valence-corrected chi connectivity index (χ1v) is 16.0. The van der Waals surface area contributed by atoms with Gasteiger partial charge < -0.3 is 14.6 Å². The van der Waals surface area contributed by atoms with Crippen LogP contribution in [-0.2, 0) is 28.7 Å². The van der Waals surface area contributed by atoms with E-state index in [0.29, 0.717) is 17.7 Å². The van der Waals surface area contributed by atoms with E-state index in [2.05, 4.69) is 0 Å². The van der Waals surface area contributed by atoms with Gasteiger partial charge in [0.15, 0.2) is 17.1 Å². The summed E-state index contributed by atoms with van der Waals surface area (Å²) < 4.78 is 44.9. The number of thioether (sulfide) groups is 1. The summed E-state index contributed by atoms with van der Waals surface area (Å²) in [5, 5.41) is 10.4. The van der Waals surface area contributed by atoms with Crippen molar-refractivity contribution < 1.29 is 42.5 Å². The highest BCUT2D eigenvalue weighted by Crippen LogP contribution is 2.72. The van der Waals surface area contributed by atoms with Gasteiger partial charge in [-0.05, 0) is 55.9 Å². The van der Waals surface area contributed by atoms with E-state index in [9.17, 15) is 24.3 Å². The van der Waals surface area contributed by atoms with Gasteiger partial charge in [-0.15, -0.1) is 0 Å². The lowest BCUT2D eigenvalue weighted by Gasteiger charge is -2.63. The van der Waals surface area contributed by atoms with Crippen molar-refractivity contribution in [2.24, 2.45) is 28.6 Å². The second kappa shape index (κ2) is 10.3. The lowest BCUT2D eigenvalue weighted by molar-refractivity contribution is -0.227. The number of fused-ring (bicyclic) bond motifs is 5. The number of cyclic esters (lactones) is 1. The number of halogens is 2. The first kappa shape index (κ1) is 30.5. The van der Waals surface area contributed by atoms with E-state index >= 15 is 8.78 Å². The zero-order chi connectivity index (χ0) is 31.1. The summed E-state index contributed by atoms with van der Waals surface area (Å²) in [6.45, 7) is 5.12. The van der Waals surface area contributed by atoms with Crippen LogP contribution in [0.25, 0.3) is 0 Å². The summed E-state index contributed by atoms with van der Waals surface area (Å²) in [6.07, 6.45) is 5.61. The number of ketones is 1. The van der Waals surface area contributed by atoms with Gasteiger partial charge in [0.1, 0.15) is 11.4 Å². The van der Waals surface area contributed by atoms with Crippen molar-refractivity contribution in [1.29, 1.82) is 0 Å². The lowest BCUT2D eigenvalue weighted by Crippen LogP contribution is -2.70. The Morgan fingerprint density at radius 1 is 1.16 bits per heavy atom. The fourth-order valence-electron chi connectivity index (χ4n) is 8.93. The van der Waals surface area contributed by atoms with Gasteiger partial charge in [0, 0.05) is 40.4 Å². The molecular weight excluding hydrogens is 598 g/mol. The summed E-state index contributed by atoms with van der Waals surface area (Å²) in [5.41, 5.74) is -6.98. The van der Waals surface area contributed by atoms with Gasteiger partial charge in [0.25, 0.3) is 0 Å². The van der Waals surface area contributed by atoms with Gasteiger partial charge in [-0.2, -0.15) is 0 Å². The smallest absolute Gasteiger partial charge is 0.339 e. The molecule has 1 aliphatic heterocycles. The van der Waals surface area contributed by atoms with Crippen LogP contribution in [0.2, 0.25) is 0 Å². The summed E-state index contributed by atoms with van der Waals surface area (Å²) in [5.74, 6) is -4.17. The average molecular weight is 633 g/mol. The normalized spacial score (nSPS) is 45.0. The standard InChI is InChI=1S/C32H34F2O7S2/c1-16-11-20-21-14-23(33)22-13-18(35)7-9-29(22,2)31(21,34)25(36)15-30(20,3)32(16,28(39)43-24-8-10-40-27(24)38)41-26(37)17-5-4-6-19(42)12-17/h4-5,7,9,12-13,16,20-21,23-25,36H,6,8,10-11,14-15H2,1-3H3/t16-,20+,21+,23+,24+,25+,29+,30+,31+,32+/m1/s1. The number of aliphatic hydroxyl groups excluding tert-OH is 1. The first-order chi connectivity index (χ1) is 20.2. The fraction of sp³-hybridized carbons (Fsp3) is 0.594. The van der Waals surface area contributed by atoms with E-state index in [1.165, 1.54) is 25.2 Å². The molecule has 4 fully saturated rings. The maximum atomic E-state index is 17.7.